The Bertz CT molecular complexity index is 1480. The third-order valence-corrected chi connectivity index (χ3v) is 7.15. The van der Waals surface area contributed by atoms with Crippen LogP contribution in [0, 0.1) is 12.7 Å². The Morgan fingerprint density at radius 3 is 2.89 bits per heavy atom. The molecule has 0 bridgehead atoms. The van der Waals surface area contributed by atoms with Crippen LogP contribution >= 0.6 is 27.5 Å². The van der Waals surface area contributed by atoms with Crippen molar-refractivity contribution in [3.8, 4) is 0 Å². The standard InChI is InChI=1S/C28H25BrClFN4O/c1-18-4-5-20(24(31)13-18)3-2-11-34-12-9-25-23(17-34)22-7-6-21(29)15-26(22)35(25)28(36)33-16-19-8-10-32-27(30)14-19/h2-8,10,13-15H,9,11-12,16-17H2,1H3,(H,33,36)/b3-2+. The first-order valence-corrected chi connectivity index (χ1v) is 12.9. The Morgan fingerprint density at radius 2 is 2.08 bits per heavy atom. The molecule has 36 heavy (non-hydrogen) atoms. The zero-order valence-corrected chi connectivity index (χ0v) is 22.1. The van der Waals surface area contributed by atoms with Crippen LogP contribution in [0.2, 0.25) is 5.15 Å². The fourth-order valence-corrected chi connectivity index (χ4v) is 5.23. The Morgan fingerprint density at radius 1 is 1.22 bits per heavy atom. The van der Waals surface area contributed by atoms with Crippen molar-refractivity contribution in [2.75, 3.05) is 13.1 Å². The molecule has 0 saturated carbocycles. The molecule has 2 aromatic heterocycles. The minimum absolute atomic E-state index is 0.171. The van der Waals surface area contributed by atoms with Crippen LogP contribution in [0.3, 0.4) is 0 Å². The molecule has 0 saturated heterocycles. The highest BCUT2D eigenvalue weighted by molar-refractivity contribution is 9.10. The minimum Gasteiger partial charge on any atom is -0.333 e. The van der Waals surface area contributed by atoms with E-state index < -0.39 is 0 Å². The number of fused-ring (bicyclic) bond motifs is 3. The van der Waals surface area contributed by atoms with Gasteiger partial charge in [-0.3, -0.25) is 9.47 Å². The molecule has 8 heteroatoms. The van der Waals surface area contributed by atoms with E-state index in [9.17, 15) is 9.18 Å². The van der Waals surface area contributed by atoms with Crippen molar-refractivity contribution in [3.63, 3.8) is 0 Å². The number of rotatable bonds is 5. The van der Waals surface area contributed by atoms with Crippen molar-refractivity contribution in [1.82, 2.24) is 19.8 Å². The molecule has 4 aromatic rings. The maximum Gasteiger partial charge on any atom is 0.326 e. The number of hydrogen-bond acceptors (Lipinski definition) is 3. The maximum atomic E-state index is 14.2. The molecule has 0 atom stereocenters. The van der Waals surface area contributed by atoms with Gasteiger partial charge in [0.25, 0.3) is 0 Å². The fourth-order valence-electron chi connectivity index (χ4n) is 4.68. The number of aromatic nitrogens is 2. The predicted octanol–water partition coefficient (Wildman–Crippen LogP) is 6.73. The zero-order valence-electron chi connectivity index (χ0n) is 19.8. The Balaban J connectivity index is 1.37. The average Bonchev–Trinajstić information content (AvgIpc) is 3.16. The Hall–Kier alpha value is -3.00. The highest BCUT2D eigenvalue weighted by atomic mass is 79.9. The van der Waals surface area contributed by atoms with Crippen LogP contribution in [0.5, 0.6) is 0 Å². The van der Waals surface area contributed by atoms with Crippen LogP contribution < -0.4 is 5.32 Å². The summed E-state index contributed by atoms with van der Waals surface area (Å²) >= 11 is 9.54. The maximum absolute atomic E-state index is 14.2. The van der Waals surface area contributed by atoms with Gasteiger partial charge in [0.1, 0.15) is 11.0 Å². The van der Waals surface area contributed by atoms with Gasteiger partial charge in [0.05, 0.1) is 5.52 Å². The number of hydrogen-bond donors (Lipinski definition) is 1. The largest absolute Gasteiger partial charge is 0.333 e. The number of aryl methyl sites for hydroxylation is 1. The van der Waals surface area contributed by atoms with Gasteiger partial charge in [0, 0.05) is 59.9 Å². The van der Waals surface area contributed by atoms with Gasteiger partial charge in [-0.15, -0.1) is 0 Å². The summed E-state index contributed by atoms with van der Waals surface area (Å²) in [4.78, 5) is 19.7. The van der Waals surface area contributed by atoms with E-state index in [2.05, 4.69) is 37.2 Å². The van der Waals surface area contributed by atoms with Crippen molar-refractivity contribution in [2.24, 2.45) is 0 Å². The van der Waals surface area contributed by atoms with Crippen LogP contribution in [0.4, 0.5) is 9.18 Å². The smallest absolute Gasteiger partial charge is 0.326 e. The molecular formula is C28H25BrClFN4O. The fraction of sp³-hybridized carbons (Fsp3) is 0.214. The van der Waals surface area contributed by atoms with Crippen LogP contribution in [0.1, 0.15) is 27.9 Å². The van der Waals surface area contributed by atoms with E-state index in [1.807, 2.05) is 43.3 Å². The molecule has 3 heterocycles. The van der Waals surface area contributed by atoms with E-state index in [1.165, 1.54) is 0 Å². The number of halogens is 3. The Labute approximate surface area is 222 Å². The molecule has 1 N–H and O–H groups in total. The lowest BCUT2D eigenvalue weighted by Crippen LogP contribution is -2.34. The summed E-state index contributed by atoms with van der Waals surface area (Å²) in [5.41, 5.74) is 5.44. The predicted molar refractivity (Wildman–Crippen MR) is 146 cm³/mol. The highest BCUT2D eigenvalue weighted by Gasteiger charge is 2.26. The molecule has 5 nitrogen and oxygen atoms in total. The van der Waals surface area contributed by atoms with Crippen molar-refractivity contribution < 1.29 is 9.18 Å². The van der Waals surface area contributed by atoms with E-state index in [0.29, 0.717) is 30.4 Å². The summed E-state index contributed by atoms with van der Waals surface area (Å²) in [6, 6.07) is 14.7. The molecule has 2 aromatic carbocycles. The van der Waals surface area contributed by atoms with Gasteiger partial charge in [-0.1, -0.05) is 57.9 Å². The first kappa shape index (κ1) is 24.7. The van der Waals surface area contributed by atoms with Crippen LogP contribution in [-0.2, 0) is 19.5 Å². The van der Waals surface area contributed by atoms with Crippen molar-refractivity contribution in [2.45, 2.75) is 26.4 Å². The van der Waals surface area contributed by atoms with E-state index in [0.717, 1.165) is 50.7 Å². The molecule has 5 rings (SSSR count). The molecule has 1 aliphatic heterocycles. The lowest BCUT2D eigenvalue weighted by atomic mass is 10.0. The van der Waals surface area contributed by atoms with Gasteiger partial charge in [-0.2, -0.15) is 0 Å². The number of benzene rings is 2. The summed E-state index contributed by atoms with van der Waals surface area (Å²) < 4.78 is 16.9. The normalized spacial score (nSPS) is 13.9. The molecular weight excluding hydrogens is 543 g/mol. The van der Waals surface area contributed by atoms with Gasteiger partial charge < -0.3 is 5.32 Å². The second-order valence-corrected chi connectivity index (χ2v) is 10.3. The van der Waals surface area contributed by atoms with Gasteiger partial charge >= 0.3 is 6.03 Å². The molecule has 0 aliphatic carbocycles. The van der Waals surface area contributed by atoms with E-state index >= 15 is 0 Å². The van der Waals surface area contributed by atoms with Crippen molar-refractivity contribution in [1.29, 1.82) is 0 Å². The Kier molecular flexibility index (Phi) is 7.23. The molecule has 1 amide bonds. The summed E-state index contributed by atoms with van der Waals surface area (Å²) in [5.74, 6) is -0.208. The molecule has 0 radical (unpaired) electrons. The summed E-state index contributed by atoms with van der Waals surface area (Å²) in [7, 11) is 0. The molecule has 1 aliphatic rings. The molecule has 0 unspecified atom stereocenters. The quantitative estimate of drug-likeness (QED) is 0.272. The van der Waals surface area contributed by atoms with E-state index in [-0.39, 0.29) is 11.8 Å². The molecule has 0 fully saturated rings. The summed E-state index contributed by atoms with van der Waals surface area (Å²) in [5, 5.41) is 4.49. The lowest BCUT2D eigenvalue weighted by Gasteiger charge is -2.27. The van der Waals surface area contributed by atoms with Crippen LogP contribution in [0.15, 0.2) is 65.3 Å². The van der Waals surface area contributed by atoms with Crippen molar-refractivity contribution in [3.05, 3.63) is 104 Å². The van der Waals surface area contributed by atoms with E-state index in [1.54, 1.807) is 29.0 Å². The average molecular weight is 568 g/mol. The van der Waals surface area contributed by atoms with Gasteiger partial charge in [-0.05, 0) is 53.9 Å². The van der Waals surface area contributed by atoms with E-state index in [4.69, 9.17) is 11.6 Å². The lowest BCUT2D eigenvalue weighted by molar-refractivity contribution is 0.240. The monoisotopic (exact) mass is 566 g/mol. The van der Waals surface area contributed by atoms with Gasteiger partial charge in [0.2, 0.25) is 0 Å². The second kappa shape index (κ2) is 10.5. The summed E-state index contributed by atoms with van der Waals surface area (Å²) in [6.45, 7) is 4.46. The number of pyridine rings is 1. The first-order valence-electron chi connectivity index (χ1n) is 11.7. The van der Waals surface area contributed by atoms with Gasteiger partial charge in [-0.25, -0.2) is 14.2 Å². The first-order chi connectivity index (χ1) is 17.4. The summed E-state index contributed by atoms with van der Waals surface area (Å²) in [6.07, 6.45) is 6.21. The highest BCUT2D eigenvalue weighted by Crippen LogP contribution is 2.32. The third-order valence-electron chi connectivity index (χ3n) is 6.45. The van der Waals surface area contributed by atoms with Crippen LogP contribution in [0.25, 0.3) is 17.0 Å². The number of nitrogens with one attached hydrogen (secondary N) is 1. The number of amides is 1. The van der Waals surface area contributed by atoms with Crippen LogP contribution in [-0.4, -0.2) is 33.6 Å². The minimum atomic E-state index is -0.208. The SMILES string of the molecule is Cc1ccc(/C=C/CN2CCc3c(c4ccc(Br)cc4n3C(=O)NCc3ccnc(Cl)c3)C2)c(F)c1. The van der Waals surface area contributed by atoms with Gasteiger partial charge in [0.15, 0.2) is 0 Å². The van der Waals surface area contributed by atoms with Crippen molar-refractivity contribution >= 4 is 50.5 Å². The number of nitrogens with zero attached hydrogens (tertiary/aromatic N) is 3. The molecule has 184 valence electrons. The second-order valence-electron chi connectivity index (χ2n) is 8.98. The number of carbonyl (C=O) groups excluding carboxylic acids is 1. The zero-order chi connectivity index (χ0) is 25.2. The topological polar surface area (TPSA) is 50.2 Å². The molecule has 0 spiro atoms. The number of carbonyl (C=O) groups is 1. The third kappa shape index (κ3) is 5.24.